The fourth-order valence-electron chi connectivity index (χ4n) is 3.90. The number of nitrogens with one attached hydrogen (secondary N) is 1. The molecule has 2 aliphatic heterocycles. The van der Waals surface area contributed by atoms with Crippen LogP contribution in [0.4, 0.5) is 5.69 Å². The Kier molecular flexibility index (Phi) is 5.98. The predicted octanol–water partition coefficient (Wildman–Crippen LogP) is 1.88. The monoisotopic (exact) mass is 373 g/mol. The van der Waals surface area contributed by atoms with Gasteiger partial charge in [-0.25, -0.2) is 0 Å². The second-order valence-corrected chi connectivity index (χ2v) is 7.21. The van der Waals surface area contributed by atoms with Crippen molar-refractivity contribution in [2.75, 3.05) is 32.1 Å². The van der Waals surface area contributed by atoms with Gasteiger partial charge in [0.05, 0.1) is 13.0 Å². The lowest BCUT2D eigenvalue weighted by molar-refractivity contribution is -0.143. The average molecular weight is 373 g/mol. The van der Waals surface area contributed by atoms with Gasteiger partial charge in [-0.15, -0.1) is 0 Å². The molecule has 0 aliphatic carbocycles. The Morgan fingerprint density at radius 1 is 1.07 bits per heavy atom. The number of methoxy groups -OCH3 is 1. The van der Waals surface area contributed by atoms with E-state index in [-0.39, 0.29) is 23.6 Å². The number of hydrogen-bond donors (Lipinski definition) is 1. The van der Waals surface area contributed by atoms with Crippen LogP contribution in [0.3, 0.4) is 0 Å². The smallest absolute Gasteiger partial charge is 0.247 e. The fraction of sp³-hybridized carbons (Fsp3) is 0.550. The van der Waals surface area contributed by atoms with E-state index < -0.39 is 6.04 Å². The number of ether oxygens (including phenoxy) is 1. The third-order valence-electron chi connectivity index (χ3n) is 5.41. The Labute approximate surface area is 159 Å². The van der Waals surface area contributed by atoms with Crippen molar-refractivity contribution in [2.45, 2.75) is 38.6 Å². The summed E-state index contributed by atoms with van der Waals surface area (Å²) in [5.74, 6) is 0.344. The minimum atomic E-state index is -0.452. The van der Waals surface area contributed by atoms with E-state index in [1.54, 1.807) is 41.2 Å². The molecule has 0 bridgehead atoms. The van der Waals surface area contributed by atoms with Crippen LogP contribution < -0.4 is 10.1 Å². The molecule has 2 saturated heterocycles. The number of anilines is 1. The van der Waals surface area contributed by atoms with Crippen molar-refractivity contribution in [3.05, 3.63) is 24.3 Å². The van der Waals surface area contributed by atoms with Crippen molar-refractivity contribution >= 4 is 23.4 Å². The molecule has 0 unspecified atom stereocenters. The minimum Gasteiger partial charge on any atom is -0.497 e. The van der Waals surface area contributed by atoms with Crippen LogP contribution >= 0.6 is 0 Å². The highest BCUT2D eigenvalue weighted by Gasteiger charge is 2.38. The van der Waals surface area contributed by atoms with E-state index in [0.29, 0.717) is 31.7 Å². The van der Waals surface area contributed by atoms with E-state index >= 15 is 0 Å². The maximum Gasteiger partial charge on any atom is 0.247 e. The van der Waals surface area contributed by atoms with E-state index in [2.05, 4.69) is 5.32 Å². The molecule has 2 atom stereocenters. The number of rotatable bonds is 4. The van der Waals surface area contributed by atoms with Gasteiger partial charge in [-0.3, -0.25) is 14.4 Å². The molecule has 27 heavy (non-hydrogen) atoms. The molecule has 3 amide bonds. The number of amides is 3. The van der Waals surface area contributed by atoms with E-state index in [9.17, 15) is 14.4 Å². The van der Waals surface area contributed by atoms with Gasteiger partial charge in [-0.1, -0.05) is 0 Å². The maximum absolute atomic E-state index is 13.0. The van der Waals surface area contributed by atoms with E-state index in [1.807, 2.05) is 0 Å². The van der Waals surface area contributed by atoms with Gasteiger partial charge < -0.3 is 19.9 Å². The van der Waals surface area contributed by atoms with Crippen LogP contribution in [-0.2, 0) is 14.4 Å². The first kappa shape index (κ1) is 19.2. The molecule has 1 aromatic rings. The zero-order chi connectivity index (χ0) is 19.4. The molecule has 0 aromatic heterocycles. The summed E-state index contributed by atoms with van der Waals surface area (Å²) in [6.45, 7) is 3.29. The molecule has 2 heterocycles. The highest BCUT2D eigenvalue weighted by molar-refractivity contribution is 5.98. The third-order valence-corrected chi connectivity index (χ3v) is 5.41. The van der Waals surface area contributed by atoms with Crippen LogP contribution in [0.1, 0.15) is 32.6 Å². The highest BCUT2D eigenvalue weighted by Crippen LogP contribution is 2.26. The van der Waals surface area contributed by atoms with Crippen LogP contribution in [0, 0.1) is 5.92 Å². The van der Waals surface area contributed by atoms with Gasteiger partial charge in [0, 0.05) is 32.2 Å². The molecule has 7 heteroatoms. The first-order valence-electron chi connectivity index (χ1n) is 9.50. The van der Waals surface area contributed by atoms with Crippen molar-refractivity contribution in [3.8, 4) is 5.75 Å². The standard InChI is InChI=1S/C20H27N3O4/c1-14(24)22-11-3-5-15(13-22)20(26)23-12-4-6-18(23)19(25)21-16-7-9-17(27-2)10-8-16/h7-10,15,18H,3-6,11-13H2,1-2H3,(H,21,25)/t15-,18+/m0/s1. The topological polar surface area (TPSA) is 79.0 Å². The third kappa shape index (κ3) is 4.40. The van der Waals surface area contributed by atoms with Gasteiger partial charge in [0.15, 0.2) is 0 Å². The van der Waals surface area contributed by atoms with Crippen LogP contribution in [0.2, 0.25) is 0 Å². The van der Waals surface area contributed by atoms with Gasteiger partial charge in [-0.2, -0.15) is 0 Å². The highest BCUT2D eigenvalue weighted by atomic mass is 16.5. The summed E-state index contributed by atoms with van der Waals surface area (Å²) in [6.07, 6.45) is 3.07. The Morgan fingerprint density at radius 3 is 2.44 bits per heavy atom. The first-order chi connectivity index (χ1) is 13.0. The van der Waals surface area contributed by atoms with Gasteiger partial charge in [-0.05, 0) is 49.9 Å². The van der Waals surface area contributed by atoms with E-state index in [0.717, 1.165) is 25.0 Å². The van der Waals surface area contributed by atoms with Crippen molar-refractivity contribution in [1.29, 1.82) is 0 Å². The largest absolute Gasteiger partial charge is 0.497 e. The molecular weight excluding hydrogens is 346 g/mol. The number of benzene rings is 1. The van der Waals surface area contributed by atoms with Crippen molar-refractivity contribution in [2.24, 2.45) is 5.92 Å². The second kappa shape index (κ2) is 8.41. The quantitative estimate of drug-likeness (QED) is 0.874. The number of piperidine rings is 1. The molecule has 0 radical (unpaired) electrons. The molecule has 7 nitrogen and oxygen atoms in total. The summed E-state index contributed by atoms with van der Waals surface area (Å²) in [6, 6.07) is 6.68. The maximum atomic E-state index is 13.0. The average Bonchev–Trinajstić information content (AvgIpc) is 3.18. The van der Waals surface area contributed by atoms with Gasteiger partial charge >= 0.3 is 0 Å². The van der Waals surface area contributed by atoms with Crippen LogP contribution in [-0.4, -0.2) is 60.3 Å². The Bertz CT molecular complexity index is 704. The fourth-order valence-corrected chi connectivity index (χ4v) is 3.90. The number of nitrogens with zero attached hydrogens (tertiary/aromatic N) is 2. The van der Waals surface area contributed by atoms with Crippen LogP contribution in [0.5, 0.6) is 5.75 Å². The van der Waals surface area contributed by atoms with E-state index in [4.69, 9.17) is 4.74 Å². The lowest BCUT2D eigenvalue weighted by atomic mass is 9.96. The summed E-state index contributed by atoms with van der Waals surface area (Å²) in [7, 11) is 1.59. The Morgan fingerprint density at radius 2 is 1.78 bits per heavy atom. The molecule has 2 fully saturated rings. The molecule has 1 aromatic carbocycles. The summed E-state index contributed by atoms with van der Waals surface area (Å²) in [5, 5.41) is 2.90. The molecule has 3 rings (SSSR count). The van der Waals surface area contributed by atoms with Gasteiger partial charge in [0.2, 0.25) is 17.7 Å². The Hall–Kier alpha value is -2.57. The summed E-state index contributed by atoms with van der Waals surface area (Å²) in [5.41, 5.74) is 0.681. The second-order valence-electron chi connectivity index (χ2n) is 7.21. The lowest BCUT2D eigenvalue weighted by Gasteiger charge is -2.34. The molecule has 146 valence electrons. The number of carbonyl (C=O) groups is 3. The number of hydrogen-bond acceptors (Lipinski definition) is 4. The zero-order valence-electron chi connectivity index (χ0n) is 15.9. The number of likely N-dealkylation sites (tertiary alicyclic amines) is 2. The summed E-state index contributed by atoms with van der Waals surface area (Å²) >= 11 is 0. The van der Waals surface area contributed by atoms with Crippen molar-refractivity contribution in [3.63, 3.8) is 0 Å². The molecule has 2 aliphatic rings. The van der Waals surface area contributed by atoms with Crippen molar-refractivity contribution < 1.29 is 19.1 Å². The number of carbonyl (C=O) groups excluding carboxylic acids is 3. The predicted molar refractivity (Wildman–Crippen MR) is 101 cm³/mol. The van der Waals surface area contributed by atoms with E-state index in [1.165, 1.54) is 6.92 Å². The Balaban J connectivity index is 1.64. The first-order valence-corrected chi connectivity index (χ1v) is 9.50. The minimum absolute atomic E-state index is 0.00252. The van der Waals surface area contributed by atoms with Crippen LogP contribution in [0.25, 0.3) is 0 Å². The summed E-state index contributed by atoms with van der Waals surface area (Å²) < 4.78 is 5.12. The normalized spacial score (nSPS) is 22.4. The molecule has 0 spiro atoms. The molecule has 0 saturated carbocycles. The lowest BCUT2D eigenvalue weighted by Crippen LogP contribution is -2.50. The van der Waals surface area contributed by atoms with Gasteiger partial charge in [0.25, 0.3) is 0 Å². The molecule has 1 N–H and O–H groups in total. The SMILES string of the molecule is COc1ccc(NC(=O)[C@H]2CCCN2C(=O)[C@H]2CCCN(C(C)=O)C2)cc1. The van der Waals surface area contributed by atoms with Gasteiger partial charge in [0.1, 0.15) is 11.8 Å². The summed E-state index contributed by atoms with van der Waals surface area (Å²) in [4.78, 5) is 40.8. The van der Waals surface area contributed by atoms with Crippen LogP contribution in [0.15, 0.2) is 24.3 Å². The zero-order valence-corrected chi connectivity index (χ0v) is 15.9. The molecular formula is C20H27N3O4. The van der Waals surface area contributed by atoms with Crippen molar-refractivity contribution in [1.82, 2.24) is 9.80 Å².